The van der Waals surface area contributed by atoms with Crippen LogP contribution in [0.3, 0.4) is 0 Å². The predicted octanol–water partition coefficient (Wildman–Crippen LogP) is 3.40. The molecular weight excluding hydrogens is 260 g/mol. The summed E-state index contributed by atoms with van der Waals surface area (Å²) in [6.45, 7) is 2.26. The van der Waals surface area contributed by atoms with Gasteiger partial charge in [-0.25, -0.2) is 0 Å². The first-order valence-corrected chi connectivity index (χ1v) is 7.81. The molecule has 3 nitrogen and oxygen atoms in total. The summed E-state index contributed by atoms with van der Waals surface area (Å²) < 4.78 is 0. The standard InChI is InChI=1S/C18H24N2O/c1-12(17-10-13-7-8-14(17)9-13)19-16-6-4-5-15(11-16)18(21)20(2)3/h4-8,11-14,17,19H,9-10H2,1-3H3. The van der Waals surface area contributed by atoms with E-state index in [0.29, 0.717) is 12.0 Å². The zero-order chi connectivity index (χ0) is 15.0. The Kier molecular flexibility index (Phi) is 3.75. The maximum atomic E-state index is 12.0. The van der Waals surface area contributed by atoms with Crippen molar-refractivity contribution in [2.75, 3.05) is 19.4 Å². The van der Waals surface area contributed by atoms with E-state index in [2.05, 4.69) is 24.4 Å². The summed E-state index contributed by atoms with van der Waals surface area (Å²) in [5.74, 6) is 2.30. The largest absolute Gasteiger partial charge is 0.382 e. The van der Waals surface area contributed by atoms with Crippen molar-refractivity contribution >= 4 is 11.6 Å². The van der Waals surface area contributed by atoms with E-state index >= 15 is 0 Å². The molecule has 0 heterocycles. The fourth-order valence-corrected chi connectivity index (χ4v) is 3.77. The Labute approximate surface area is 127 Å². The van der Waals surface area contributed by atoms with Crippen molar-refractivity contribution in [2.45, 2.75) is 25.8 Å². The molecule has 0 aromatic heterocycles. The normalized spacial score (nSPS) is 27.7. The number of hydrogen-bond donors (Lipinski definition) is 1. The number of benzene rings is 1. The van der Waals surface area contributed by atoms with Gasteiger partial charge in [0.1, 0.15) is 0 Å². The first kappa shape index (κ1) is 14.2. The van der Waals surface area contributed by atoms with Gasteiger partial charge in [-0.05, 0) is 55.7 Å². The first-order chi connectivity index (χ1) is 10.0. The van der Waals surface area contributed by atoms with Crippen LogP contribution in [0.15, 0.2) is 36.4 Å². The van der Waals surface area contributed by atoms with Crippen molar-refractivity contribution in [1.29, 1.82) is 0 Å². The second-order valence-electron chi connectivity index (χ2n) is 6.66. The van der Waals surface area contributed by atoms with Crippen LogP contribution in [-0.4, -0.2) is 30.9 Å². The number of anilines is 1. The molecule has 2 aliphatic carbocycles. The lowest BCUT2D eigenvalue weighted by molar-refractivity contribution is 0.0827. The van der Waals surface area contributed by atoms with E-state index in [-0.39, 0.29) is 5.91 Å². The molecule has 1 amide bonds. The first-order valence-electron chi connectivity index (χ1n) is 7.81. The lowest BCUT2D eigenvalue weighted by Crippen LogP contribution is -2.29. The van der Waals surface area contributed by atoms with Crippen molar-refractivity contribution < 1.29 is 4.79 Å². The molecule has 1 saturated carbocycles. The molecule has 1 aromatic rings. The van der Waals surface area contributed by atoms with Crippen LogP contribution in [0.2, 0.25) is 0 Å². The Hall–Kier alpha value is -1.77. The molecule has 0 saturated heterocycles. The molecule has 4 atom stereocenters. The minimum Gasteiger partial charge on any atom is -0.382 e. The third-order valence-corrected chi connectivity index (χ3v) is 4.88. The summed E-state index contributed by atoms with van der Waals surface area (Å²) in [6.07, 6.45) is 7.40. The molecule has 2 bridgehead atoms. The van der Waals surface area contributed by atoms with Crippen LogP contribution in [0.5, 0.6) is 0 Å². The van der Waals surface area contributed by atoms with E-state index in [1.807, 2.05) is 24.3 Å². The van der Waals surface area contributed by atoms with E-state index in [4.69, 9.17) is 0 Å². The van der Waals surface area contributed by atoms with E-state index in [1.54, 1.807) is 19.0 Å². The van der Waals surface area contributed by atoms with Crippen LogP contribution in [0.25, 0.3) is 0 Å². The van der Waals surface area contributed by atoms with Gasteiger partial charge in [-0.1, -0.05) is 18.2 Å². The lowest BCUT2D eigenvalue weighted by Gasteiger charge is -2.27. The molecule has 112 valence electrons. The number of nitrogens with zero attached hydrogens (tertiary/aromatic N) is 1. The van der Waals surface area contributed by atoms with Gasteiger partial charge >= 0.3 is 0 Å². The fraction of sp³-hybridized carbons (Fsp3) is 0.500. The van der Waals surface area contributed by atoms with Crippen LogP contribution in [-0.2, 0) is 0 Å². The maximum absolute atomic E-state index is 12.0. The van der Waals surface area contributed by atoms with Gasteiger partial charge in [-0.3, -0.25) is 4.79 Å². The number of fused-ring (bicyclic) bond motifs is 2. The van der Waals surface area contributed by atoms with E-state index in [1.165, 1.54) is 12.8 Å². The molecule has 1 fully saturated rings. The topological polar surface area (TPSA) is 32.3 Å². The minimum absolute atomic E-state index is 0.0501. The highest BCUT2D eigenvalue weighted by atomic mass is 16.2. The van der Waals surface area contributed by atoms with Crippen LogP contribution >= 0.6 is 0 Å². The van der Waals surface area contributed by atoms with Crippen LogP contribution in [0.4, 0.5) is 5.69 Å². The molecule has 3 rings (SSSR count). The summed E-state index contributed by atoms with van der Waals surface area (Å²) in [5.41, 5.74) is 1.78. The van der Waals surface area contributed by atoms with Crippen molar-refractivity contribution in [3.8, 4) is 0 Å². The predicted molar refractivity (Wildman–Crippen MR) is 86.4 cm³/mol. The molecule has 0 aliphatic heterocycles. The lowest BCUT2D eigenvalue weighted by atomic mass is 9.87. The monoisotopic (exact) mass is 284 g/mol. The Morgan fingerprint density at radius 1 is 1.29 bits per heavy atom. The highest BCUT2D eigenvalue weighted by Gasteiger charge is 2.38. The zero-order valence-electron chi connectivity index (χ0n) is 13.0. The third-order valence-electron chi connectivity index (χ3n) is 4.88. The van der Waals surface area contributed by atoms with Gasteiger partial charge in [0.25, 0.3) is 5.91 Å². The van der Waals surface area contributed by atoms with E-state index in [9.17, 15) is 4.79 Å². The summed E-state index contributed by atoms with van der Waals surface area (Å²) in [6, 6.07) is 8.27. The summed E-state index contributed by atoms with van der Waals surface area (Å²) in [5, 5.41) is 3.60. The maximum Gasteiger partial charge on any atom is 0.253 e. The molecule has 2 aliphatic rings. The Morgan fingerprint density at radius 3 is 2.71 bits per heavy atom. The number of rotatable bonds is 4. The molecular formula is C18H24N2O. The van der Waals surface area contributed by atoms with Gasteiger partial charge in [0.2, 0.25) is 0 Å². The molecule has 1 aromatic carbocycles. The number of carbonyl (C=O) groups excluding carboxylic acids is 1. The molecule has 1 N–H and O–H groups in total. The fourth-order valence-electron chi connectivity index (χ4n) is 3.77. The van der Waals surface area contributed by atoms with E-state index in [0.717, 1.165) is 23.1 Å². The van der Waals surface area contributed by atoms with Gasteiger partial charge in [-0.15, -0.1) is 0 Å². The highest BCUT2D eigenvalue weighted by Crippen LogP contribution is 2.45. The minimum atomic E-state index is 0.0501. The van der Waals surface area contributed by atoms with Crippen LogP contribution < -0.4 is 5.32 Å². The second-order valence-corrected chi connectivity index (χ2v) is 6.66. The number of allylic oxidation sites excluding steroid dienone is 2. The number of nitrogens with one attached hydrogen (secondary N) is 1. The van der Waals surface area contributed by atoms with Gasteiger partial charge in [0.05, 0.1) is 0 Å². The van der Waals surface area contributed by atoms with Crippen molar-refractivity contribution in [1.82, 2.24) is 4.90 Å². The smallest absolute Gasteiger partial charge is 0.253 e. The highest BCUT2D eigenvalue weighted by molar-refractivity contribution is 5.94. The van der Waals surface area contributed by atoms with Crippen molar-refractivity contribution in [3.63, 3.8) is 0 Å². The SMILES string of the molecule is CC(Nc1cccc(C(=O)N(C)C)c1)C1CC2C=CC1C2. The molecule has 0 spiro atoms. The quantitative estimate of drug-likeness (QED) is 0.859. The van der Waals surface area contributed by atoms with Crippen LogP contribution in [0, 0.1) is 17.8 Å². The average molecular weight is 284 g/mol. The average Bonchev–Trinajstić information content (AvgIpc) is 3.09. The second kappa shape index (κ2) is 5.55. The van der Waals surface area contributed by atoms with Gasteiger partial charge in [0.15, 0.2) is 0 Å². The molecule has 4 unspecified atom stereocenters. The Morgan fingerprint density at radius 2 is 2.10 bits per heavy atom. The number of hydrogen-bond acceptors (Lipinski definition) is 2. The Balaban J connectivity index is 1.69. The molecule has 21 heavy (non-hydrogen) atoms. The van der Waals surface area contributed by atoms with Crippen molar-refractivity contribution in [2.24, 2.45) is 17.8 Å². The number of amides is 1. The van der Waals surface area contributed by atoms with Crippen molar-refractivity contribution in [3.05, 3.63) is 42.0 Å². The zero-order valence-corrected chi connectivity index (χ0v) is 13.0. The summed E-state index contributed by atoms with van der Waals surface area (Å²) in [7, 11) is 3.57. The van der Waals surface area contributed by atoms with Gasteiger partial charge in [-0.2, -0.15) is 0 Å². The Bertz CT molecular complexity index is 564. The van der Waals surface area contributed by atoms with Gasteiger partial charge < -0.3 is 10.2 Å². The third kappa shape index (κ3) is 2.82. The van der Waals surface area contributed by atoms with E-state index < -0.39 is 0 Å². The van der Waals surface area contributed by atoms with Crippen LogP contribution in [0.1, 0.15) is 30.1 Å². The summed E-state index contributed by atoms with van der Waals surface area (Å²) >= 11 is 0. The molecule has 3 heteroatoms. The van der Waals surface area contributed by atoms with Gasteiger partial charge in [0, 0.05) is 31.4 Å². The summed E-state index contributed by atoms with van der Waals surface area (Å²) in [4.78, 5) is 13.6. The molecule has 0 radical (unpaired) electrons. The number of carbonyl (C=O) groups is 1.